The molecule has 0 saturated carbocycles. The maximum atomic E-state index is 4.53. The molecule has 1 atom stereocenters. The van der Waals surface area contributed by atoms with Crippen molar-refractivity contribution in [3.05, 3.63) is 42.2 Å². The summed E-state index contributed by atoms with van der Waals surface area (Å²) >= 11 is 0. The van der Waals surface area contributed by atoms with Crippen LogP contribution in [0.3, 0.4) is 0 Å². The van der Waals surface area contributed by atoms with Gasteiger partial charge in [0.25, 0.3) is 0 Å². The summed E-state index contributed by atoms with van der Waals surface area (Å²) in [5.41, 5.74) is 0.961. The van der Waals surface area contributed by atoms with Crippen LogP contribution in [0.1, 0.15) is 18.8 Å². The molecule has 2 aromatic heterocycles. The number of rotatable bonds is 3. The average Bonchev–Trinajstić information content (AvgIpc) is 2.92. The van der Waals surface area contributed by atoms with Crippen molar-refractivity contribution in [2.75, 3.05) is 5.32 Å². The summed E-state index contributed by atoms with van der Waals surface area (Å²) in [4.78, 5) is 4.53. The van der Waals surface area contributed by atoms with E-state index in [2.05, 4.69) is 30.9 Å². The Bertz CT molecular complexity index is 648. The number of H-pyrrole nitrogens is 1. The second kappa shape index (κ2) is 4.40. The van der Waals surface area contributed by atoms with Crippen LogP contribution in [0.4, 0.5) is 5.82 Å². The smallest absolute Gasteiger partial charge is 0.196 e. The molecule has 6 heteroatoms. The fraction of sp³-hybridized carbons (Fsp3) is 0.167. The minimum Gasteiger partial charge on any atom is -0.360 e. The van der Waals surface area contributed by atoms with Crippen LogP contribution in [0, 0.1) is 0 Å². The van der Waals surface area contributed by atoms with Gasteiger partial charge in [-0.3, -0.25) is 0 Å². The molecule has 1 unspecified atom stereocenters. The first-order valence-electron chi connectivity index (χ1n) is 5.68. The molecular formula is C12H12N6. The Hall–Kier alpha value is -2.50. The third-order valence-corrected chi connectivity index (χ3v) is 2.71. The van der Waals surface area contributed by atoms with Gasteiger partial charge in [-0.15, -0.1) is 10.2 Å². The highest BCUT2D eigenvalue weighted by Gasteiger charge is 2.10. The van der Waals surface area contributed by atoms with E-state index in [1.165, 1.54) is 0 Å². The van der Waals surface area contributed by atoms with Gasteiger partial charge in [-0.2, -0.15) is 5.21 Å². The molecule has 3 rings (SSSR count). The van der Waals surface area contributed by atoms with Gasteiger partial charge in [-0.25, -0.2) is 4.98 Å². The number of hydrogen-bond acceptors (Lipinski definition) is 5. The third-order valence-electron chi connectivity index (χ3n) is 2.71. The summed E-state index contributed by atoms with van der Waals surface area (Å²) in [5.74, 6) is 1.41. The monoisotopic (exact) mass is 240 g/mol. The van der Waals surface area contributed by atoms with E-state index < -0.39 is 0 Å². The number of aromatic nitrogens is 5. The predicted octanol–water partition coefficient (Wildman–Crippen LogP) is 1.92. The normalized spacial score (nSPS) is 12.5. The Balaban J connectivity index is 1.86. The number of anilines is 1. The molecule has 0 bridgehead atoms. The van der Waals surface area contributed by atoms with Gasteiger partial charge in [0.05, 0.1) is 11.6 Å². The van der Waals surface area contributed by atoms with E-state index in [9.17, 15) is 0 Å². The van der Waals surface area contributed by atoms with Crippen molar-refractivity contribution in [3.63, 3.8) is 0 Å². The fourth-order valence-electron chi connectivity index (χ4n) is 1.79. The van der Waals surface area contributed by atoms with Crippen LogP contribution in [0.2, 0.25) is 0 Å². The lowest BCUT2D eigenvalue weighted by molar-refractivity contribution is 0.789. The number of para-hydroxylation sites is 1. The first-order chi connectivity index (χ1) is 8.83. The van der Waals surface area contributed by atoms with Gasteiger partial charge in [-0.1, -0.05) is 23.4 Å². The predicted molar refractivity (Wildman–Crippen MR) is 68.0 cm³/mol. The average molecular weight is 240 g/mol. The Kier molecular flexibility index (Phi) is 2.60. The number of nitrogens with zero attached hydrogens (tertiary/aromatic N) is 4. The molecule has 0 aliphatic carbocycles. The van der Waals surface area contributed by atoms with Crippen molar-refractivity contribution in [1.29, 1.82) is 0 Å². The van der Waals surface area contributed by atoms with Crippen molar-refractivity contribution in [2.24, 2.45) is 0 Å². The summed E-state index contributed by atoms with van der Waals surface area (Å²) < 4.78 is 0. The van der Waals surface area contributed by atoms with Gasteiger partial charge in [-0.05, 0) is 25.1 Å². The van der Waals surface area contributed by atoms with Gasteiger partial charge >= 0.3 is 0 Å². The summed E-state index contributed by atoms with van der Waals surface area (Å²) in [6.45, 7) is 1.96. The van der Waals surface area contributed by atoms with E-state index in [-0.39, 0.29) is 6.04 Å². The molecule has 0 aliphatic rings. The van der Waals surface area contributed by atoms with Crippen molar-refractivity contribution in [1.82, 2.24) is 25.6 Å². The maximum Gasteiger partial charge on any atom is 0.196 e. The molecule has 0 saturated heterocycles. The van der Waals surface area contributed by atoms with Crippen molar-refractivity contribution in [3.8, 4) is 0 Å². The molecule has 0 fully saturated rings. The maximum absolute atomic E-state index is 4.53. The summed E-state index contributed by atoms with van der Waals surface area (Å²) in [6, 6.07) is 11.9. The van der Waals surface area contributed by atoms with Crippen LogP contribution < -0.4 is 5.32 Å². The van der Waals surface area contributed by atoms with E-state index >= 15 is 0 Å². The summed E-state index contributed by atoms with van der Waals surface area (Å²) in [5, 5.41) is 18.2. The highest BCUT2D eigenvalue weighted by molar-refractivity contribution is 5.80. The number of pyridine rings is 1. The lowest BCUT2D eigenvalue weighted by atomic mass is 10.2. The molecule has 3 aromatic rings. The first-order valence-corrected chi connectivity index (χ1v) is 5.68. The molecule has 2 heterocycles. The van der Waals surface area contributed by atoms with Crippen molar-refractivity contribution < 1.29 is 0 Å². The Morgan fingerprint density at radius 2 is 2.06 bits per heavy atom. The summed E-state index contributed by atoms with van der Waals surface area (Å²) in [7, 11) is 0. The lowest BCUT2D eigenvalue weighted by Gasteiger charge is -2.10. The number of hydrogen-bond donors (Lipinski definition) is 2. The Morgan fingerprint density at radius 3 is 2.89 bits per heavy atom. The summed E-state index contributed by atoms with van der Waals surface area (Å²) in [6.07, 6.45) is 0. The molecule has 1 aromatic carbocycles. The number of nitrogens with one attached hydrogen (secondary N) is 2. The molecule has 90 valence electrons. The number of aromatic amines is 1. The minimum atomic E-state index is -0.0441. The van der Waals surface area contributed by atoms with Crippen LogP contribution in [-0.2, 0) is 0 Å². The van der Waals surface area contributed by atoms with Gasteiger partial charge in [0.1, 0.15) is 5.82 Å². The number of benzene rings is 1. The first kappa shape index (κ1) is 10.6. The van der Waals surface area contributed by atoms with Gasteiger partial charge in [0.2, 0.25) is 0 Å². The molecule has 6 nitrogen and oxygen atoms in total. The quantitative estimate of drug-likeness (QED) is 0.731. The van der Waals surface area contributed by atoms with E-state index in [0.29, 0.717) is 5.82 Å². The second-order valence-electron chi connectivity index (χ2n) is 4.03. The number of fused-ring (bicyclic) bond motifs is 1. The zero-order valence-corrected chi connectivity index (χ0v) is 9.83. The van der Waals surface area contributed by atoms with Gasteiger partial charge in [0.15, 0.2) is 5.82 Å². The van der Waals surface area contributed by atoms with Crippen LogP contribution in [0.5, 0.6) is 0 Å². The Morgan fingerprint density at radius 1 is 1.17 bits per heavy atom. The second-order valence-corrected chi connectivity index (χ2v) is 4.03. The molecule has 18 heavy (non-hydrogen) atoms. The van der Waals surface area contributed by atoms with E-state index in [4.69, 9.17) is 0 Å². The van der Waals surface area contributed by atoms with Crippen molar-refractivity contribution >= 4 is 16.7 Å². The third kappa shape index (κ3) is 2.00. The van der Waals surface area contributed by atoms with E-state index in [0.717, 1.165) is 16.7 Å². The topological polar surface area (TPSA) is 79.4 Å². The lowest BCUT2D eigenvalue weighted by Crippen LogP contribution is -2.09. The van der Waals surface area contributed by atoms with Gasteiger partial charge in [0, 0.05) is 5.39 Å². The van der Waals surface area contributed by atoms with Gasteiger partial charge < -0.3 is 5.32 Å². The molecule has 0 spiro atoms. The zero-order valence-electron chi connectivity index (χ0n) is 9.83. The molecule has 0 aliphatic heterocycles. The van der Waals surface area contributed by atoms with Crippen LogP contribution in [-0.4, -0.2) is 25.6 Å². The highest BCUT2D eigenvalue weighted by Crippen LogP contribution is 2.18. The zero-order chi connectivity index (χ0) is 12.4. The molecule has 0 radical (unpaired) electrons. The molecule has 0 amide bonds. The van der Waals surface area contributed by atoms with E-state index in [1.54, 1.807) is 0 Å². The minimum absolute atomic E-state index is 0.0441. The van der Waals surface area contributed by atoms with Crippen molar-refractivity contribution in [2.45, 2.75) is 13.0 Å². The van der Waals surface area contributed by atoms with E-state index in [1.807, 2.05) is 43.3 Å². The standard InChI is InChI=1S/C12H12N6/c1-8(12-15-17-18-16-12)13-11-7-6-9-4-2-3-5-10(9)14-11/h2-8H,1H3,(H,13,14)(H,15,16,17,18). The highest BCUT2D eigenvalue weighted by atomic mass is 15.5. The van der Waals surface area contributed by atoms with Crippen LogP contribution in [0.25, 0.3) is 10.9 Å². The molecule has 2 N–H and O–H groups in total. The fourth-order valence-corrected chi connectivity index (χ4v) is 1.79. The number of tetrazole rings is 1. The largest absolute Gasteiger partial charge is 0.360 e. The SMILES string of the molecule is CC(Nc1ccc2ccccc2n1)c1nn[nH]n1. The molecular weight excluding hydrogens is 228 g/mol. The van der Waals surface area contributed by atoms with Crippen LogP contribution >= 0.6 is 0 Å². The Labute approximate surface area is 103 Å². The van der Waals surface area contributed by atoms with Crippen LogP contribution in [0.15, 0.2) is 36.4 Å².